The molecule has 0 saturated heterocycles. The van der Waals surface area contributed by atoms with Gasteiger partial charge in [-0.05, 0) is 36.6 Å². The van der Waals surface area contributed by atoms with Crippen molar-refractivity contribution in [2.24, 2.45) is 4.99 Å². The fourth-order valence-corrected chi connectivity index (χ4v) is 3.96. The van der Waals surface area contributed by atoms with Crippen molar-refractivity contribution in [1.29, 1.82) is 0 Å². The molecule has 0 bridgehead atoms. The Morgan fingerprint density at radius 1 is 1.28 bits per heavy atom. The molecule has 1 aromatic carbocycles. The zero-order valence-electron chi connectivity index (χ0n) is 13.7. The first kappa shape index (κ1) is 17.4. The number of methoxy groups -OCH3 is 1. The van der Waals surface area contributed by atoms with Gasteiger partial charge >= 0.3 is 5.97 Å². The smallest absolute Gasteiger partial charge is 0.326 e. The lowest BCUT2D eigenvalue weighted by molar-refractivity contribution is -0.143. The molecule has 0 aliphatic rings. The van der Waals surface area contributed by atoms with Crippen molar-refractivity contribution in [2.45, 2.75) is 13.5 Å². The topological polar surface area (TPSA) is 69.9 Å². The number of carbonyl (C=O) groups is 2. The second-order valence-electron chi connectivity index (χ2n) is 5.00. The van der Waals surface area contributed by atoms with Gasteiger partial charge in [-0.25, -0.2) is 0 Å². The van der Waals surface area contributed by atoms with E-state index in [9.17, 15) is 9.59 Å². The van der Waals surface area contributed by atoms with Crippen LogP contribution < -0.4 is 9.54 Å². The lowest BCUT2D eigenvalue weighted by Gasteiger charge is -2.05. The molecule has 1 amide bonds. The zero-order valence-corrected chi connectivity index (χ0v) is 15.4. The van der Waals surface area contributed by atoms with Crippen molar-refractivity contribution < 1.29 is 19.1 Å². The van der Waals surface area contributed by atoms with Gasteiger partial charge in [0.1, 0.15) is 12.3 Å². The summed E-state index contributed by atoms with van der Waals surface area (Å²) < 4.78 is 12.9. The quantitative estimate of drug-likeness (QED) is 0.642. The van der Waals surface area contributed by atoms with Gasteiger partial charge in [0.15, 0.2) is 4.80 Å². The van der Waals surface area contributed by atoms with E-state index in [-0.39, 0.29) is 18.4 Å². The predicted octanol–water partition coefficient (Wildman–Crippen LogP) is 3.08. The van der Waals surface area contributed by atoms with Crippen LogP contribution in [0.25, 0.3) is 10.2 Å². The van der Waals surface area contributed by atoms with Crippen molar-refractivity contribution in [3.05, 3.63) is 45.4 Å². The molecule has 0 atom stereocenters. The molecule has 2 aromatic heterocycles. The van der Waals surface area contributed by atoms with Crippen LogP contribution >= 0.6 is 22.7 Å². The number of aromatic nitrogens is 1. The highest BCUT2D eigenvalue weighted by atomic mass is 32.1. The average Bonchev–Trinajstić information content (AvgIpc) is 3.23. The first-order chi connectivity index (χ1) is 12.1. The Kier molecular flexibility index (Phi) is 5.30. The van der Waals surface area contributed by atoms with E-state index < -0.39 is 0 Å². The normalized spacial score (nSPS) is 11.7. The molecule has 2 heterocycles. The molecule has 3 rings (SSSR count). The monoisotopic (exact) mass is 376 g/mol. The standard InChI is InChI=1S/C17H16N2O4S2/c1-3-23-15(20)10-19-12-7-6-11(22-2)9-14(12)25-17(19)18-16(21)13-5-4-8-24-13/h4-9H,3,10H2,1-2H3. The Hall–Kier alpha value is -2.45. The van der Waals surface area contributed by atoms with Gasteiger partial charge in [0.2, 0.25) is 0 Å². The molecule has 25 heavy (non-hydrogen) atoms. The van der Waals surface area contributed by atoms with Gasteiger partial charge in [0, 0.05) is 0 Å². The minimum Gasteiger partial charge on any atom is -0.497 e. The van der Waals surface area contributed by atoms with E-state index in [4.69, 9.17) is 9.47 Å². The summed E-state index contributed by atoms with van der Waals surface area (Å²) in [7, 11) is 1.59. The van der Waals surface area contributed by atoms with Crippen LogP contribution in [0.1, 0.15) is 16.6 Å². The Labute approximate surface area is 152 Å². The predicted molar refractivity (Wildman–Crippen MR) is 97.2 cm³/mol. The van der Waals surface area contributed by atoms with Crippen LogP contribution in [0.4, 0.5) is 0 Å². The van der Waals surface area contributed by atoms with Crippen LogP contribution in [0.2, 0.25) is 0 Å². The summed E-state index contributed by atoms with van der Waals surface area (Å²) in [5.41, 5.74) is 0.802. The Morgan fingerprint density at radius 3 is 2.80 bits per heavy atom. The average molecular weight is 376 g/mol. The number of fused-ring (bicyclic) bond motifs is 1. The number of esters is 1. The first-order valence-electron chi connectivity index (χ1n) is 7.58. The number of carbonyl (C=O) groups excluding carboxylic acids is 2. The number of hydrogen-bond acceptors (Lipinski definition) is 6. The third-order valence-corrected chi connectivity index (χ3v) is 5.31. The molecule has 0 saturated carbocycles. The van der Waals surface area contributed by atoms with E-state index in [2.05, 4.69) is 4.99 Å². The second-order valence-corrected chi connectivity index (χ2v) is 6.96. The molecule has 8 heteroatoms. The van der Waals surface area contributed by atoms with Crippen LogP contribution in [-0.4, -0.2) is 30.2 Å². The number of ether oxygens (including phenoxy) is 2. The van der Waals surface area contributed by atoms with Crippen LogP contribution in [-0.2, 0) is 16.1 Å². The molecular weight excluding hydrogens is 360 g/mol. The molecule has 6 nitrogen and oxygen atoms in total. The Morgan fingerprint density at radius 2 is 2.12 bits per heavy atom. The number of thiophene rings is 1. The zero-order chi connectivity index (χ0) is 17.8. The summed E-state index contributed by atoms with van der Waals surface area (Å²) in [5.74, 6) is 0.00217. The summed E-state index contributed by atoms with van der Waals surface area (Å²) >= 11 is 2.66. The highest BCUT2D eigenvalue weighted by Crippen LogP contribution is 2.23. The van der Waals surface area contributed by atoms with E-state index in [0.29, 0.717) is 22.0 Å². The number of thiazole rings is 1. The van der Waals surface area contributed by atoms with Gasteiger partial charge in [-0.2, -0.15) is 4.99 Å². The van der Waals surface area contributed by atoms with Gasteiger partial charge in [-0.1, -0.05) is 17.4 Å². The van der Waals surface area contributed by atoms with Crippen LogP contribution in [0.15, 0.2) is 40.7 Å². The van der Waals surface area contributed by atoms with E-state index in [1.54, 1.807) is 30.7 Å². The molecule has 0 aliphatic carbocycles. The molecule has 0 aliphatic heterocycles. The van der Waals surface area contributed by atoms with E-state index >= 15 is 0 Å². The lowest BCUT2D eigenvalue weighted by atomic mass is 10.3. The SMILES string of the molecule is CCOC(=O)Cn1c(=NC(=O)c2cccs2)sc2cc(OC)ccc21. The summed E-state index contributed by atoms with van der Waals surface area (Å²) in [6.45, 7) is 2.05. The minimum absolute atomic E-state index is 0.00325. The fraction of sp³-hybridized carbons (Fsp3) is 0.235. The fourth-order valence-electron chi connectivity index (χ4n) is 2.30. The van der Waals surface area contributed by atoms with E-state index in [0.717, 1.165) is 10.2 Å². The van der Waals surface area contributed by atoms with Crippen LogP contribution in [0, 0.1) is 0 Å². The van der Waals surface area contributed by atoms with Crippen molar-refractivity contribution in [2.75, 3.05) is 13.7 Å². The van der Waals surface area contributed by atoms with Gasteiger partial charge < -0.3 is 14.0 Å². The number of nitrogens with zero attached hydrogens (tertiary/aromatic N) is 2. The number of amides is 1. The van der Waals surface area contributed by atoms with Crippen LogP contribution in [0.3, 0.4) is 0 Å². The van der Waals surface area contributed by atoms with Gasteiger partial charge in [0.25, 0.3) is 5.91 Å². The van der Waals surface area contributed by atoms with E-state index in [1.807, 2.05) is 23.6 Å². The maximum atomic E-state index is 12.3. The minimum atomic E-state index is -0.372. The summed E-state index contributed by atoms with van der Waals surface area (Å²) in [6.07, 6.45) is 0. The molecular formula is C17H16N2O4S2. The van der Waals surface area contributed by atoms with Crippen molar-refractivity contribution in [3.8, 4) is 5.75 Å². The molecule has 0 radical (unpaired) electrons. The van der Waals surface area contributed by atoms with Crippen molar-refractivity contribution in [1.82, 2.24) is 4.57 Å². The highest BCUT2D eigenvalue weighted by Gasteiger charge is 2.13. The van der Waals surface area contributed by atoms with Gasteiger partial charge in [-0.3, -0.25) is 9.59 Å². The maximum absolute atomic E-state index is 12.3. The molecule has 0 spiro atoms. The second kappa shape index (κ2) is 7.62. The number of benzene rings is 1. The molecule has 130 valence electrons. The third kappa shape index (κ3) is 3.80. The lowest BCUT2D eigenvalue weighted by Crippen LogP contribution is -2.23. The highest BCUT2D eigenvalue weighted by molar-refractivity contribution is 7.16. The maximum Gasteiger partial charge on any atom is 0.326 e. The molecule has 0 fully saturated rings. The van der Waals surface area contributed by atoms with Crippen LogP contribution in [0.5, 0.6) is 5.75 Å². The van der Waals surface area contributed by atoms with Gasteiger partial charge in [0.05, 0.1) is 28.8 Å². The number of rotatable bonds is 5. The van der Waals surface area contributed by atoms with Crippen molar-refractivity contribution in [3.63, 3.8) is 0 Å². The Bertz CT molecular complexity index is 970. The summed E-state index contributed by atoms with van der Waals surface area (Å²) in [5, 5.41) is 1.82. The summed E-state index contributed by atoms with van der Waals surface area (Å²) in [6, 6.07) is 9.04. The third-order valence-electron chi connectivity index (χ3n) is 3.41. The molecule has 0 unspecified atom stereocenters. The largest absolute Gasteiger partial charge is 0.497 e. The Balaban J connectivity index is 2.11. The number of hydrogen-bond donors (Lipinski definition) is 0. The van der Waals surface area contributed by atoms with Gasteiger partial charge in [-0.15, -0.1) is 11.3 Å². The molecule has 3 aromatic rings. The molecule has 0 N–H and O–H groups in total. The summed E-state index contributed by atoms with van der Waals surface area (Å²) in [4.78, 5) is 29.5. The first-order valence-corrected chi connectivity index (χ1v) is 9.27. The van der Waals surface area contributed by atoms with E-state index in [1.165, 1.54) is 22.7 Å². The van der Waals surface area contributed by atoms with Crippen molar-refractivity contribution >= 4 is 44.8 Å².